The van der Waals surface area contributed by atoms with Gasteiger partial charge in [0.05, 0.1) is 22.3 Å². The van der Waals surface area contributed by atoms with E-state index >= 15 is 0 Å². The molecule has 0 saturated heterocycles. The standard InChI is InChI=1S/C17H16N4O3S/c1-3-21(11(2)22)17-20-13(10-25-17)9-24-16(23)12-4-5-14-15(8-12)19-7-6-18-14/h4-8,10H,3,9H2,1-2H3. The molecule has 0 spiro atoms. The molecule has 0 saturated carbocycles. The predicted molar refractivity (Wildman–Crippen MR) is 94.5 cm³/mol. The molecule has 3 rings (SSSR count). The van der Waals surface area contributed by atoms with Crippen LogP contribution in [-0.4, -0.2) is 33.4 Å². The second kappa shape index (κ2) is 7.35. The van der Waals surface area contributed by atoms with Crippen molar-refractivity contribution in [2.75, 3.05) is 11.4 Å². The number of esters is 1. The second-order valence-corrected chi connectivity index (χ2v) is 6.06. The number of ether oxygens (including phenoxy) is 1. The van der Waals surface area contributed by atoms with Crippen LogP contribution in [-0.2, 0) is 16.1 Å². The number of rotatable bonds is 5. The molecular weight excluding hydrogens is 340 g/mol. The second-order valence-electron chi connectivity index (χ2n) is 5.22. The van der Waals surface area contributed by atoms with E-state index in [1.54, 1.807) is 40.9 Å². The number of carbonyl (C=O) groups is 2. The fourth-order valence-corrected chi connectivity index (χ4v) is 3.21. The summed E-state index contributed by atoms with van der Waals surface area (Å²) in [5.41, 5.74) is 2.36. The van der Waals surface area contributed by atoms with Gasteiger partial charge in [0.2, 0.25) is 5.91 Å². The minimum Gasteiger partial charge on any atom is -0.456 e. The number of hydrogen-bond donors (Lipinski definition) is 0. The Morgan fingerprint density at radius 2 is 1.96 bits per heavy atom. The van der Waals surface area contributed by atoms with Gasteiger partial charge in [-0.3, -0.25) is 19.7 Å². The SMILES string of the molecule is CCN(C(C)=O)c1nc(COC(=O)c2ccc3nccnc3c2)cs1. The molecule has 0 aliphatic carbocycles. The van der Waals surface area contributed by atoms with Gasteiger partial charge in [0.15, 0.2) is 5.13 Å². The number of fused-ring (bicyclic) bond motifs is 1. The summed E-state index contributed by atoms with van der Waals surface area (Å²) in [7, 11) is 0. The van der Waals surface area contributed by atoms with E-state index in [0.717, 1.165) is 0 Å². The third kappa shape index (κ3) is 3.80. The Bertz CT molecular complexity index is 925. The minimum absolute atomic E-state index is 0.0449. The lowest BCUT2D eigenvalue weighted by Crippen LogP contribution is -2.27. The highest BCUT2D eigenvalue weighted by Crippen LogP contribution is 2.21. The van der Waals surface area contributed by atoms with E-state index in [0.29, 0.717) is 34.0 Å². The Balaban J connectivity index is 1.67. The van der Waals surface area contributed by atoms with E-state index < -0.39 is 5.97 Å². The zero-order valence-electron chi connectivity index (χ0n) is 13.8. The summed E-state index contributed by atoms with van der Waals surface area (Å²) >= 11 is 1.34. The molecule has 0 radical (unpaired) electrons. The first-order valence-electron chi connectivity index (χ1n) is 7.69. The normalized spacial score (nSPS) is 10.6. The summed E-state index contributed by atoms with van der Waals surface area (Å²) in [5.74, 6) is -0.529. The summed E-state index contributed by atoms with van der Waals surface area (Å²) in [4.78, 5) is 38.0. The average Bonchev–Trinajstić information content (AvgIpc) is 3.08. The Morgan fingerprint density at radius 3 is 2.68 bits per heavy atom. The molecule has 25 heavy (non-hydrogen) atoms. The lowest BCUT2D eigenvalue weighted by Gasteiger charge is -2.14. The summed E-state index contributed by atoms with van der Waals surface area (Å²) in [6, 6.07) is 5.03. The molecule has 2 aromatic heterocycles. The van der Waals surface area contributed by atoms with E-state index in [4.69, 9.17) is 4.74 Å². The molecule has 0 unspecified atom stereocenters. The van der Waals surface area contributed by atoms with Crippen molar-refractivity contribution in [1.82, 2.24) is 15.0 Å². The van der Waals surface area contributed by atoms with Gasteiger partial charge in [-0.1, -0.05) is 0 Å². The van der Waals surface area contributed by atoms with Crippen LogP contribution in [0.1, 0.15) is 29.9 Å². The number of nitrogens with zero attached hydrogens (tertiary/aromatic N) is 4. The van der Waals surface area contributed by atoms with Crippen molar-refractivity contribution in [2.24, 2.45) is 0 Å². The molecule has 0 atom stereocenters. The van der Waals surface area contributed by atoms with Crippen molar-refractivity contribution in [1.29, 1.82) is 0 Å². The maximum atomic E-state index is 12.2. The van der Waals surface area contributed by atoms with Crippen LogP contribution < -0.4 is 4.90 Å². The van der Waals surface area contributed by atoms with Gasteiger partial charge in [0, 0.05) is 31.2 Å². The molecule has 0 fully saturated rings. The Labute approximate surface area is 148 Å². The van der Waals surface area contributed by atoms with Crippen molar-refractivity contribution in [3.63, 3.8) is 0 Å². The highest BCUT2D eigenvalue weighted by Gasteiger charge is 2.15. The zero-order valence-corrected chi connectivity index (χ0v) is 14.6. The van der Waals surface area contributed by atoms with Crippen LogP contribution >= 0.6 is 11.3 Å². The number of carbonyl (C=O) groups excluding carboxylic acids is 2. The van der Waals surface area contributed by atoms with Crippen LogP contribution in [0.15, 0.2) is 36.0 Å². The van der Waals surface area contributed by atoms with Gasteiger partial charge in [-0.25, -0.2) is 9.78 Å². The monoisotopic (exact) mass is 356 g/mol. The predicted octanol–water partition coefficient (Wildman–Crippen LogP) is 2.82. The quantitative estimate of drug-likeness (QED) is 0.654. The fraction of sp³-hybridized carbons (Fsp3) is 0.235. The number of thiazole rings is 1. The van der Waals surface area contributed by atoms with Crippen LogP contribution in [0.5, 0.6) is 0 Å². The number of aromatic nitrogens is 3. The number of benzene rings is 1. The highest BCUT2D eigenvalue weighted by atomic mass is 32.1. The average molecular weight is 356 g/mol. The molecule has 2 heterocycles. The molecule has 1 amide bonds. The van der Waals surface area contributed by atoms with Crippen LogP contribution in [0.25, 0.3) is 11.0 Å². The molecule has 0 N–H and O–H groups in total. The van der Waals surface area contributed by atoms with E-state index in [-0.39, 0.29) is 12.5 Å². The largest absolute Gasteiger partial charge is 0.456 e. The first-order valence-corrected chi connectivity index (χ1v) is 8.57. The molecular formula is C17H16N4O3S. The minimum atomic E-state index is -0.457. The van der Waals surface area contributed by atoms with Gasteiger partial charge in [0.1, 0.15) is 6.61 Å². The van der Waals surface area contributed by atoms with Crippen molar-refractivity contribution < 1.29 is 14.3 Å². The Kier molecular flexibility index (Phi) is 4.99. The Morgan fingerprint density at radius 1 is 1.20 bits per heavy atom. The van der Waals surface area contributed by atoms with Gasteiger partial charge in [0.25, 0.3) is 0 Å². The highest BCUT2D eigenvalue weighted by molar-refractivity contribution is 7.14. The molecule has 0 bridgehead atoms. The van der Waals surface area contributed by atoms with Gasteiger partial charge >= 0.3 is 5.97 Å². The summed E-state index contributed by atoms with van der Waals surface area (Å²) < 4.78 is 5.30. The number of amides is 1. The lowest BCUT2D eigenvalue weighted by atomic mass is 10.2. The number of hydrogen-bond acceptors (Lipinski definition) is 7. The molecule has 8 heteroatoms. The van der Waals surface area contributed by atoms with Gasteiger partial charge in [-0.2, -0.15) is 0 Å². The van der Waals surface area contributed by atoms with E-state index in [1.807, 2.05) is 6.92 Å². The van der Waals surface area contributed by atoms with Crippen molar-refractivity contribution >= 4 is 39.4 Å². The van der Waals surface area contributed by atoms with Gasteiger partial charge in [-0.15, -0.1) is 11.3 Å². The van der Waals surface area contributed by atoms with E-state index in [2.05, 4.69) is 15.0 Å². The van der Waals surface area contributed by atoms with Crippen LogP contribution in [0.2, 0.25) is 0 Å². The maximum absolute atomic E-state index is 12.2. The third-order valence-electron chi connectivity index (χ3n) is 3.52. The first-order chi connectivity index (χ1) is 12.1. The van der Waals surface area contributed by atoms with Crippen molar-refractivity contribution in [3.8, 4) is 0 Å². The van der Waals surface area contributed by atoms with Gasteiger partial charge < -0.3 is 4.74 Å². The third-order valence-corrected chi connectivity index (χ3v) is 4.44. The summed E-state index contributed by atoms with van der Waals surface area (Å²) in [6.07, 6.45) is 3.17. The maximum Gasteiger partial charge on any atom is 0.338 e. The van der Waals surface area contributed by atoms with Crippen molar-refractivity contribution in [2.45, 2.75) is 20.5 Å². The first kappa shape index (κ1) is 17.0. The molecule has 128 valence electrons. The molecule has 3 aromatic rings. The topological polar surface area (TPSA) is 85.3 Å². The van der Waals surface area contributed by atoms with E-state index in [1.165, 1.54) is 18.3 Å². The molecule has 0 aliphatic rings. The fourth-order valence-electron chi connectivity index (χ4n) is 2.29. The van der Waals surface area contributed by atoms with Crippen molar-refractivity contribution in [3.05, 3.63) is 47.2 Å². The smallest absolute Gasteiger partial charge is 0.338 e. The summed E-state index contributed by atoms with van der Waals surface area (Å²) in [5, 5.41) is 2.38. The van der Waals surface area contributed by atoms with E-state index in [9.17, 15) is 9.59 Å². The molecule has 1 aromatic carbocycles. The van der Waals surface area contributed by atoms with Crippen LogP contribution in [0, 0.1) is 0 Å². The molecule has 7 nitrogen and oxygen atoms in total. The lowest BCUT2D eigenvalue weighted by molar-refractivity contribution is -0.116. The van der Waals surface area contributed by atoms with Crippen LogP contribution in [0.4, 0.5) is 5.13 Å². The van der Waals surface area contributed by atoms with Gasteiger partial charge in [-0.05, 0) is 25.1 Å². The summed E-state index contributed by atoms with van der Waals surface area (Å²) in [6.45, 7) is 3.96. The zero-order chi connectivity index (χ0) is 17.8. The Hall–Kier alpha value is -2.87. The number of anilines is 1. The molecule has 0 aliphatic heterocycles. The van der Waals surface area contributed by atoms with Crippen LogP contribution in [0.3, 0.4) is 0 Å².